The van der Waals surface area contributed by atoms with E-state index < -0.39 is 17.9 Å². The van der Waals surface area contributed by atoms with Crippen molar-refractivity contribution in [1.29, 1.82) is 0 Å². The molecule has 1 rings (SSSR count). The highest BCUT2D eigenvalue weighted by molar-refractivity contribution is 5.72. The van der Waals surface area contributed by atoms with Crippen LogP contribution in [-0.2, 0) is 9.59 Å². The Kier molecular flexibility index (Phi) is 3.49. The van der Waals surface area contributed by atoms with Gasteiger partial charge in [0.15, 0.2) is 0 Å². The standard InChI is InChI=1S/C10H12O5/c1-6-2-3-8(15-6)7(4-9(11)12)5-10(13)14/h2-3,7H,4-5H2,1H3,(H,11,12)(H,13,14). The van der Waals surface area contributed by atoms with E-state index in [0.29, 0.717) is 11.5 Å². The highest BCUT2D eigenvalue weighted by Gasteiger charge is 2.21. The largest absolute Gasteiger partial charge is 0.481 e. The van der Waals surface area contributed by atoms with Crippen LogP contribution in [-0.4, -0.2) is 22.2 Å². The Hall–Kier alpha value is -1.78. The fourth-order valence-electron chi connectivity index (χ4n) is 1.37. The van der Waals surface area contributed by atoms with Crippen LogP contribution in [0.4, 0.5) is 0 Å². The van der Waals surface area contributed by atoms with Crippen LogP contribution >= 0.6 is 0 Å². The zero-order valence-corrected chi connectivity index (χ0v) is 8.27. The van der Waals surface area contributed by atoms with Gasteiger partial charge in [-0.2, -0.15) is 0 Å². The molecular formula is C10H12O5. The smallest absolute Gasteiger partial charge is 0.304 e. The van der Waals surface area contributed by atoms with E-state index in [9.17, 15) is 9.59 Å². The van der Waals surface area contributed by atoms with Gasteiger partial charge in [-0.1, -0.05) is 0 Å². The van der Waals surface area contributed by atoms with Crippen molar-refractivity contribution in [3.8, 4) is 0 Å². The molecule has 1 aromatic heterocycles. The van der Waals surface area contributed by atoms with Crippen LogP contribution < -0.4 is 0 Å². The molecule has 0 radical (unpaired) electrons. The molecule has 5 heteroatoms. The molecule has 0 atom stereocenters. The van der Waals surface area contributed by atoms with Gasteiger partial charge in [-0.25, -0.2) is 0 Å². The molecule has 0 bridgehead atoms. The monoisotopic (exact) mass is 212 g/mol. The summed E-state index contributed by atoms with van der Waals surface area (Å²) in [5.41, 5.74) is 0. The van der Waals surface area contributed by atoms with Crippen LogP contribution in [0.15, 0.2) is 16.5 Å². The van der Waals surface area contributed by atoms with Crippen LogP contribution in [0.25, 0.3) is 0 Å². The van der Waals surface area contributed by atoms with Crippen molar-refractivity contribution in [2.24, 2.45) is 0 Å². The van der Waals surface area contributed by atoms with Crippen molar-refractivity contribution in [1.82, 2.24) is 0 Å². The average molecular weight is 212 g/mol. The highest BCUT2D eigenvalue weighted by Crippen LogP contribution is 2.25. The summed E-state index contributed by atoms with van der Waals surface area (Å²) in [5, 5.41) is 17.3. The zero-order valence-electron chi connectivity index (χ0n) is 8.27. The Morgan fingerprint density at radius 3 is 2.13 bits per heavy atom. The van der Waals surface area contributed by atoms with Crippen LogP contribution in [0.2, 0.25) is 0 Å². The first-order chi connectivity index (χ1) is 6.99. The molecule has 0 unspecified atom stereocenters. The number of furan rings is 1. The normalized spacial score (nSPS) is 10.5. The van der Waals surface area contributed by atoms with Gasteiger partial charge in [0.25, 0.3) is 0 Å². The van der Waals surface area contributed by atoms with E-state index in [1.165, 1.54) is 0 Å². The summed E-state index contributed by atoms with van der Waals surface area (Å²) in [6.45, 7) is 1.72. The third kappa shape index (κ3) is 3.46. The lowest BCUT2D eigenvalue weighted by Crippen LogP contribution is -2.10. The molecule has 0 spiro atoms. The summed E-state index contributed by atoms with van der Waals surface area (Å²) in [4.78, 5) is 21.1. The SMILES string of the molecule is Cc1ccc(C(CC(=O)O)CC(=O)O)o1. The van der Waals surface area contributed by atoms with Gasteiger partial charge in [0.2, 0.25) is 0 Å². The molecule has 0 aliphatic rings. The number of aryl methyl sites for hydroxylation is 1. The zero-order chi connectivity index (χ0) is 11.4. The van der Waals surface area contributed by atoms with E-state index in [0.717, 1.165) is 0 Å². The number of rotatable bonds is 5. The summed E-state index contributed by atoms with van der Waals surface area (Å²) in [6.07, 6.45) is -0.474. The lowest BCUT2D eigenvalue weighted by Gasteiger charge is -2.08. The van der Waals surface area contributed by atoms with Crippen molar-refractivity contribution >= 4 is 11.9 Å². The Balaban J connectivity index is 2.80. The van der Waals surface area contributed by atoms with Gasteiger partial charge in [0.05, 0.1) is 12.8 Å². The van der Waals surface area contributed by atoms with Crippen LogP contribution in [0.1, 0.15) is 30.3 Å². The molecule has 0 aromatic carbocycles. The fourth-order valence-corrected chi connectivity index (χ4v) is 1.37. The summed E-state index contributed by atoms with van der Waals surface area (Å²) in [5.74, 6) is -1.61. The predicted molar refractivity (Wildman–Crippen MR) is 50.7 cm³/mol. The van der Waals surface area contributed by atoms with E-state index in [1.54, 1.807) is 19.1 Å². The predicted octanol–water partition coefficient (Wildman–Crippen LogP) is 1.62. The second-order valence-corrected chi connectivity index (χ2v) is 3.34. The molecule has 1 aromatic rings. The van der Waals surface area contributed by atoms with Gasteiger partial charge in [0, 0.05) is 5.92 Å². The first kappa shape index (κ1) is 11.3. The first-order valence-electron chi connectivity index (χ1n) is 4.49. The molecule has 0 saturated heterocycles. The third-order valence-corrected chi connectivity index (χ3v) is 2.01. The minimum Gasteiger partial charge on any atom is -0.481 e. The molecule has 0 fully saturated rings. The van der Waals surface area contributed by atoms with Crippen LogP contribution in [0.3, 0.4) is 0 Å². The Bertz CT molecular complexity index is 350. The highest BCUT2D eigenvalue weighted by atomic mass is 16.4. The number of hydrogen-bond donors (Lipinski definition) is 2. The van der Waals surface area contributed by atoms with E-state index in [1.807, 2.05) is 0 Å². The van der Waals surface area contributed by atoms with Gasteiger partial charge in [-0.05, 0) is 19.1 Å². The third-order valence-electron chi connectivity index (χ3n) is 2.01. The first-order valence-corrected chi connectivity index (χ1v) is 4.49. The number of aliphatic carboxylic acids is 2. The van der Waals surface area contributed by atoms with E-state index in [2.05, 4.69) is 0 Å². The number of carboxylic acids is 2. The lowest BCUT2D eigenvalue weighted by molar-refractivity contribution is -0.139. The van der Waals surface area contributed by atoms with Crippen molar-refractivity contribution in [2.75, 3.05) is 0 Å². The molecule has 0 amide bonds. The summed E-state index contributed by atoms with van der Waals surface area (Å²) in [7, 11) is 0. The quantitative estimate of drug-likeness (QED) is 0.774. The Labute approximate surface area is 86.3 Å². The van der Waals surface area contributed by atoms with Crippen molar-refractivity contribution in [3.63, 3.8) is 0 Å². The van der Waals surface area contributed by atoms with Crippen molar-refractivity contribution in [2.45, 2.75) is 25.7 Å². The van der Waals surface area contributed by atoms with Crippen molar-refractivity contribution < 1.29 is 24.2 Å². The molecule has 15 heavy (non-hydrogen) atoms. The minimum absolute atomic E-state index is 0.237. The molecule has 0 aliphatic carbocycles. The molecule has 0 aliphatic heterocycles. The molecule has 1 heterocycles. The second-order valence-electron chi connectivity index (χ2n) is 3.34. The van der Waals surface area contributed by atoms with Crippen LogP contribution in [0.5, 0.6) is 0 Å². The Morgan fingerprint density at radius 2 is 1.80 bits per heavy atom. The van der Waals surface area contributed by atoms with E-state index >= 15 is 0 Å². The van der Waals surface area contributed by atoms with Gasteiger partial charge >= 0.3 is 11.9 Å². The number of hydrogen-bond acceptors (Lipinski definition) is 3. The maximum absolute atomic E-state index is 10.5. The number of carbonyl (C=O) groups is 2. The maximum Gasteiger partial charge on any atom is 0.304 e. The lowest BCUT2D eigenvalue weighted by atomic mass is 9.99. The maximum atomic E-state index is 10.5. The van der Waals surface area contributed by atoms with Crippen molar-refractivity contribution in [3.05, 3.63) is 23.7 Å². The molecule has 5 nitrogen and oxygen atoms in total. The van der Waals surface area contributed by atoms with Gasteiger partial charge in [-0.3, -0.25) is 9.59 Å². The van der Waals surface area contributed by atoms with Gasteiger partial charge in [-0.15, -0.1) is 0 Å². The molecular weight excluding hydrogens is 200 g/mol. The fraction of sp³-hybridized carbons (Fsp3) is 0.400. The van der Waals surface area contributed by atoms with Gasteiger partial charge in [0.1, 0.15) is 11.5 Å². The van der Waals surface area contributed by atoms with E-state index in [-0.39, 0.29) is 12.8 Å². The summed E-state index contributed by atoms with van der Waals surface area (Å²) < 4.78 is 5.22. The summed E-state index contributed by atoms with van der Waals surface area (Å²) in [6, 6.07) is 3.30. The second kappa shape index (κ2) is 4.63. The van der Waals surface area contributed by atoms with Crippen LogP contribution in [0, 0.1) is 6.92 Å². The Morgan fingerprint density at radius 1 is 1.27 bits per heavy atom. The molecule has 0 saturated carbocycles. The van der Waals surface area contributed by atoms with Gasteiger partial charge < -0.3 is 14.6 Å². The van der Waals surface area contributed by atoms with E-state index in [4.69, 9.17) is 14.6 Å². The molecule has 82 valence electrons. The topological polar surface area (TPSA) is 87.7 Å². The minimum atomic E-state index is -1.03. The summed E-state index contributed by atoms with van der Waals surface area (Å²) >= 11 is 0. The number of carboxylic acid groups (broad SMARTS) is 2. The molecule has 2 N–H and O–H groups in total. The average Bonchev–Trinajstić information content (AvgIpc) is 2.48.